The molecule has 0 atom stereocenters. The van der Waals surface area contributed by atoms with Crippen molar-refractivity contribution in [1.82, 2.24) is 9.38 Å². The fourth-order valence-electron chi connectivity index (χ4n) is 3.95. The lowest BCUT2D eigenvalue weighted by Crippen LogP contribution is -2.30. The van der Waals surface area contributed by atoms with Crippen LogP contribution in [0.15, 0.2) is 60.8 Å². The highest BCUT2D eigenvalue weighted by Crippen LogP contribution is 2.34. The number of hydrogen-bond acceptors (Lipinski definition) is 1. The molecule has 3 heteroatoms. The van der Waals surface area contributed by atoms with Crippen molar-refractivity contribution in [1.29, 1.82) is 0 Å². The summed E-state index contributed by atoms with van der Waals surface area (Å²) in [5, 5.41) is 2.60. The molecule has 1 aliphatic heterocycles. The van der Waals surface area contributed by atoms with Gasteiger partial charge in [0.15, 0.2) is 18.4 Å². The van der Waals surface area contributed by atoms with Gasteiger partial charge in [-0.1, -0.05) is 24.3 Å². The van der Waals surface area contributed by atoms with Gasteiger partial charge >= 0.3 is 0 Å². The Hall–Kier alpha value is -2.94. The molecular weight excluding hydrogens is 270 g/mol. The smallest absolute Gasteiger partial charge is 0.226 e. The van der Waals surface area contributed by atoms with Gasteiger partial charge in [0.1, 0.15) is 0 Å². The molecule has 4 heterocycles. The van der Waals surface area contributed by atoms with Crippen molar-refractivity contribution in [2.45, 2.75) is 6.54 Å². The van der Waals surface area contributed by atoms with E-state index in [1.165, 1.54) is 32.9 Å². The minimum atomic E-state index is 0.953. The van der Waals surface area contributed by atoms with Gasteiger partial charge in [0.2, 0.25) is 5.52 Å². The Morgan fingerprint density at radius 3 is 2.82 bits per heavy atom. The van der Waals surface area contributed by atoms with Gasteiger partial charge in [0, 0.05) is 11.6 Å². The summed E-state index contributed by atoms with van der Waals surface area (Å²) < 4.78 is 4.65. The van der Waals surface area contributed by atoms with E-state index < -0.39 is 0 Å². The molecule has 0 N–H and O–H groups in total. The van der Waals surface area contributed by atoms with Crippen LogP contribution in [0.2, 0.25) is 0 Å². The van der Waals surface area contributed by atoms with Crippen LogP contribution in [-0.4, -0.2) is 9.38 Å². The Morgan fingerprint density at radius 1 is 0.909 bits per heavy atom. The number of fused-ring (bicyclic) bond motifs is 5. The molecule has 0 unspecified atom stereocenters. The highest BCUT2D eigenvalue weighted by molar-refractivity contribution is 6.12. The first-order valence-electron chi connectivity index (χ1n) is 7.55. The summed E-state index contributed by atoms with van der Waals surface area (Å²) in [6, 6.07) is 19.3. The molecule has 3 aromatic heterocycles. The van der Waals surface area contributed by atoms with Crippen LogP contribution in [0.1, 0.15) is 5.56 Å². The molecule has 3 nitrogen and oxygen atoms in total. The van der Waals surface area contributed by atoms with E-state index in [1.54, 1.807) is 0 Å². The van der Waals surface area contributed by atoms with Crippen LogP contribution < -0.4 is 4.57 Å². The summed E-state index contributed by atoms with van der Waals surface area (Å²) >= 11 is 0. The number of para-hydroxylation sites is 2. The van der Waals surface area contributed by atoms with Gasteiger partial charge in [-0.25, -0.2) is 4.98 Å². The number of hydrogen-bond donors (Lipinski definition) is 0. The fourth-order valence-corrected chi connectivity index (χ4v) is 3.95. The van der Waals surface area contributed by atoms with Gasteiger partial charge in [0.25, 0.3) is 0 Å². The van der Waals surface area contributed by atoms with Gasteiger partial charge in [0.05, 0.1) is 27.3 Å². The van der Waals surface area contributed by atoms with E-state index in [1.807, 2.05) is 0 Å². The number of aromatic nitrogens is 3. The Bertz CT molecular complexity index is 1250. The molecular formula is C19H12N3+. The lowest BCUT2D eigenvalue weighted by molar-refractivity contribution is -0.657. The maximum atomic E-state index is 4.91. The monoisotopic (exact) mass is 282 g/mol. The number of pyridine rings is 2. The second-order valence-corrected chi connectivity index (χ2v) is 5.97. The molecule has 6 rings (SSSR count). The van der Waals surface area contributed by atoms with Crippen molar-refractivity contribution in [3.63, 3.8) is 0 Å². The Kier molecular flexibility index (Phi) is 1.68. The topological polar surface area (TPSA) is 21.2 Å². The first kappa shape index (κ1) is 10.7. The predicted octanol–water partition coefficient (Wildman–Crippen LogP) is 3.44. The van der Waals surface area contributed by atoms with Crippen molar-refractivity contribution in [2.75, 3.05) is 0 Å². The largest absolute Gasteiger partial charge is 0.291 e. The van der Waals surface area contributed by atoms with Crippen molar-refractivity contribution in [3.05, 3.63) is 66.4 Å². The summed E-state index contributed by atoms with van der Waals surface area (Å²) in [4.78, 5) is 4.91. The molecule has 5 aromatic rings. The maximum Gasteiger partial charge on any atom is 0.226 e. The Morgan fingerprint density at radius 2 is 1.82 bits per heavy atom. The van der Waals surface area contributed by atoms with E-state index in [9.17, 15) is 0 Å². The van der Waals surface area contributed by atoms with Gasteiger partial charge < -0.3 is 0 Å². The SMILES string of the molecule is c1ccc2c(c1)nc1c3ccc[n+]4c3c3c(cccc3n21)C4. The minimum Gasteiger partial charge on any atom is -0.291 e. The van der Waals surface area contributed by atoms with Crippen LogP contribution in [-0.2, 0) is 6.54 Å². The third kappa shape index (κ3) is 1.07. The molecule has 1 aliphatic rings. The molecule has 0 bridgehead atoms. The minimum absolute atomic E-state index is 0.953. The van der Waals surface area contributed by atoms with Crippen molar-refractivity contribution < 1.29 is 4.57 Å². The first-order valence-corrected chi connectivity index (χ1v) is 7.55. The van der Waals surface area contributed by atoms with Crippen LogP contribution in [0.25, 0.3) is 38.5 Å². The average Bonchev–Trinajstić information content (AvgIpc) is 3.13. The van der Waals surface area contributed by atoms with Crippen molar-refractivity contribution in [2.24, 2.45) is 0 Å². The number of rotatable bonds is 0. The van der Waals surface area contributed by atoms with E-state index in [4.69, 9.17) is 4.98 Å². The number of nitrogens with zero attached hydrogens (tertiary/aromatic N) is 3. The highest BCUT2D eigenvalue weighted by atomic mass is 15.0. The third-order valence-corrected chi connectivity index (χ3v) is 4.82. The molecule has 0 radical (unpaired) electrons. The molecule has 0 saturated heterocycles. The molecule has 22 heavy (non-hydrogen) atoms. The molecule has 0 saturated carbocycles. The Balaban J connectivity index is 2.10. The van der Waals surface area contributed by atoms with E-state index in [0.717, 1.165) is 17.7 Å². The highest BCUT2D eigenvalue weighted by Gasteiger charge is 2.27. The average molecular weight is 282 g/mol. The molecule has 0 spiro atoms. The second-order valence-electron chi connectivity index (χ2n) is 5.97. The lowest BCUT2D eigenvalue weighted by Gasteiger charge is -2.04. The molecule has 0 fully saturated rings. The van der Waals surface area contributed by atoms with E-state index >= 15 is 0 Å². The molecule has 102 valence electrons. The van der Waals surface area contributed by atoms with E-state index in [0.29, 0.717) is 0 Å². The zero-order valence-corrected chi connectivity index (χ0v) is 11.8. The predicted molar refractivity (Wildman–Crippen MR) is 87.0 cm³/mol. The molecule has 0 amide bonds. The normalized spacial score (nSPS) is 13.3. The quantitative estimate of drug-likeness (QED) is 0.309. The van der Waals surface area contributed by atoms with Crippen LogP contribution in [0.4, 0.5) is 0 Å². The van der Waals surface area contributed by atoms with Crippen LogP contribution in [0.3, 0.4) is 0 Å². The van der Waals surface area contributed by atoms with Crippen LogP contribution in [0, 0.1) is 0 Å². The van der Waals surface area contributed by atoms with Crippen LogP contribution >= 0.6 is 0 Å². The summed E-state index contributed by atoms with van der Waals surface area (Å²) in [6.07, 6.45) is 2.17. The fraction of sp³-hybridized carbons (Fsp3) is 0.0526. The van der Waals surface area contributed by atoms with Crippen LogP contribution in [0.5, 0.6) is 0 Å². The first-order chi connectivity index (χ1) is 10.9. The van der Waals surface area contributed by atoms with Gasteiger partial charge in [-0.3, -0.25) is 4.40 Å². The number of benzene rings is 2. The summed E-state index contributed by atoms with van der Waals surface area (Å²) in [6.45, 7) is 0.953. The van der Waals surface area contributed by atoms with Gasteiger partial charge in [-0.05, 0) is 24.3 Å². The zero-order chi connectivity index (χ0) is 14.3. The van der Waals surface area contributed by atoms with E-state index in [2.05, 4.69) is 69.8 Å². The van der Waals surface area contributed by atoms with Crippen molar-refractivity contribution in [3.8, 4) is 0 Å². The molecule has 0 aliphatic carbocycles. The zero-order valence-electron chi connectivity index (χ0n) is 11.8. The Labute approximate surface area is 126 Å². The second kappa shape index (κ2) is 3.45. The standard InChI is InChI=1S/C19H12N3/c1-2-8-15-14(7-1)20-19-13-6-4-10-21-11-12-5-3-9-16(22(15)19)17(12)18(13)21/h1-10H,11H2/q+1. The maximum absolute atomic E-state index is 4.91. The molecule has 2 aromatic carbocycles. The summed E-state index contributed by atoms with van der Waals surface area (Å²) in [5.41, 5.74) is 7.25. The van der Waals surface area contributed by atoms with Gasteiger partial charge in [-0.2, -0.15) is 4.57 Å². The summed E-state index contributed by atoms with van der Waals surface area (Å²) in [7, 11) is 0. The van der Waals surface area contributed by atoms with Crippen molar-refractivity contribution >= 4 is 38.5 Å². The summed E-state index contributed by atoms with van der Waals surface area (Å²) in [5.74, 6) is 0. The van der Waals surface area contributed by atoms with Gasteiger partial charge in [-0.15, -0.1) is 0 Å². The third-order valence-electron chi connectivity index (χ3n) is 4.82. The van der Waals surface area contributed by atoms with E-state index in [-0.39, 0.29) is 0 Å². The lowest BCUT2D eigenvalue weighted by atomic mass is 10.1. The number of imidazole rings is 1.